The van der Waals surface area contributed by atoms with Crippen LogP contribution in [-0.2, 0) is 20.7 Å². The van der Waals surface area contributed by atoms with Crippen molar-refractivity contribution in [2.24, 2.45) is 0 Å². The van der Waals surface area contributed by atoms with Crippen molar-refractivity contribution in [2.45, 2.75) is 6.42 Å². The third-order valence-corrected chi connectivity index (χ3v) is 3.77. The molecule has 0 bridgehead atoms. The van der Waals surface area contributed by atoms with E-state index in [0.717, 1.165) is 12.1 Å². The molecule has 27 heavy (non-hydrogen) atoms. The first-order valence-electron chi connectivity index (χ1n) is 7.52. The Morgan fingerprint density at radius 2 is 2.04 bits per heavy atom. The van der Waals surface area contributed by atoms with E-state index in [1.54, 1.807) is 0 Å². The Morgan fingerprint density at radius 3 is 2.67 bits per heavy atom. The van der Waals surface area contributed by atoms with Gasteiger partial charge in [-0.05, 0) is 18.2 Å². The SMILES string of the molecule is COc1ccc([N+](=O)[O-])cc1NC(=O)COC(=O)Cc1c(F)cccc1Cl. The quantitative estimate of drug-likeness (QED) is 0.437. The van der Waals surface area contributed by atoms with Gasteiger partial charge in [-0.25, -0.2) is 4.39 Å². The van der Waals surface area contributed by atoms with E-state index >= 15 is 0 Å². The summed E-state index contributed by atoms with van der Waals surface area (Å²) in [6.45, 7) is -0.670. The predicted molar refractivity (Wildman–Crippen MR) is 94.4 cm³/mol. The minimum Gasteiger partial charge on any atom is -0.495 e. The number of nitrogens with one attached hydrogen (secondary N) is 1. The maximum absolute atomic E-state index is 13.6. The summed E-state index contributed by atoms with van der Waals surface area (Å²) in [6.07, 6.45) is -0.446. The lowest BCUT2D eigenvalue weighted by Crippen LogP contribution is -2.22. The number of carbonyl (C=O) groups excluding carboxylic acids is 2. The molecule has 0 fully saturated rings. The van der Waals surface area contributed by atoms with Crippen LogP contribution in [0.15, 0.2) is 36.4 Å². The van der Waals surface area contributed by atoms with Gasteiger partial charge < -0.3 is 14.8 Å². The van der Waals surface area contributed by atoms with E-state index < -0.39 is 35.6 Å². The van der Waals surface area contributed by atoms with Gasteiger partial charge in [-0.1, -0.05) is 17.7 Å². The van der Waals surface area contributed by atoms with Crippen molar-refractivity contribution in [1.82, 2.24) is 0 Å². The first-order valence-corrected chi connectivity index (χ1v) is 7.90. The molecule has 0 aliphatic rings. The van der Waals surface area contributed by atoms with E-state index in [2.05, 4.69) is 5.32 Å². The Kier molecular flexibility index (Phi) is 6.67. The lowest BCUT2D eigenvalue weighted by atomic mass is 10.1. The van der Waals surface area contributed by atoms with Crippen LogP contribution in [0.4, 0.5) is 15.8 Å². The van der Waals surface area contributed by atoms with Gasteiger partial charge >= 0.3 is 5.97 Å². The van der Waals surface area contributed by atoms with Crippen LogP contribution in [0.5, 0.6) is 5.75 Å². The normalized spacial score (nSPS) is 10.2. The topological polar surface area (TPSA) is 108 Å². The number of rotatable bonds is 7. The number of nitrogens with zero attached hydrogens (tertiary/aromatic N) is 1. The van der Waals surface area contributed by atoms with E-state index in [0.29, 0.717) is 0 Å². The van der Waals surface area contributed by atoms with Gasteiger partial charge in [0.15, 0.2) is 6.61 Å². The molecule has 0 aliphatic carbocycles. The third kappa shape index (κ3) is 5.38. The van der Waals surface area contributed by atoms with Crippen molar-refractivity contribution in [3.05, 3.63) is 62.9 Å². The number of carbonyl (C=O) groups is 2. The lowest BCUT2D eigenvalue weighted by molar-refractivity contribution is -0.384. The Morgan fingerprint density at radius 1 is 1.30 bits per heavy atom. The number of nitro groups is 1. The molecule has 0 heterocycles. The summed E-state index contributed by atoms with van der Waals surface area (Å²) < 4.78 is 23.4. The Bertz CT molecular complexity index is 869. The van der Waals surface area contributed by atoms with E-state index in [1.165, 1.54) is 31.4 Å². The Balaban J connectivity index is 1.97. The molecule has 1 N–H and O–H groups in total. The highest BCUT2D eigenvalue weighted by Crippen LogP contribution is 2.28. The number of halogens is 2. The average molecular weight is 397 g/mol. The van der Waals surface area contributed by atoms with Crippen LogP contribution >= 0.6 is 11.6 Å². The second kappa shape index (κ2) is 8.95. The van der Waals surface area contributed by atoms with Gasteiger partial charge in [-0.2, -0.15) is 0 Å². The molecule has 0 saturated heterocycles. The number of hydrogen-bond acceptors (Lipinski definition) is 6. The highest BCUT2D eigenvalue weighted by atomic mass is 35.5. The monoisotopic (exact) mass is 396 g/mol. The highest BCUT2D eigenvalue weighted by Gasteiger charge is 2.16. The molecule has 1 amide bonds. The smallest absolute Gasteiger partial charge is 0.310 e. The summed E-state index contributed by atoms with van der Waals surface area (Å²) in [5.74, 6) is -2.08. The van der Waals surface area contributed by atoms with Crippen molar-refractivity contribution in [3.63, 3.8) is 0 Å². The number of hydrogen-bond donors (Lipinski definition) is 1. The molecule has 0 radical (unpaired) electrons. The standard InChI is InChI=1S/C17H14ClFN2O6/c1-26-15-6-5-10(21(24)25)7-14(15)20-16(22)9-27-17(23)8-11-12(18)3-2-4-13(11)19/h2-7H,8-9H2,1H3,(H,20,22). The van der Waals surface area contributed by atoms with E-state index in [4.69, 9.17) is 21.1 Å². The molecule has 0 spiro atoms. The third-order valence-electron chi connectivity index (χ3n) is 3.42. The molecular formula is C17H14ClFN2O6. The van der Waals surface area contributed by atoms with Gasteiger partial charge in [-0.15, -0.1) is 0 Å². The molecule has 2 rings (SSSR count). The maximum atomic E-state index is 13.6. The van der Waals surface area contributed by atoms with E-state index in [1.807, 2.05) is 0 Å². The zero-order valence-electron chi connectivity index (χ0n) is 14.0. The number of non-ortho nitro benzene ring substituents is 1. The molecule has 0 unspecified atom stereocenters. The first-order chi connectivity index (χ1) is 12.8. The molecule has 10 heteroatoms. The molecule has 142 valence electrons. The van der Waals surface area contributed by atoms with Crippen LogP contribution in [-0.4, -0.2) is 30.5 Å². The van der Waals surface area contributed by atoms with Crippen LogP contribution in [0.3, 0.4) is 0 Å². The first kappa shape index (κ1) is 20.1. The number of nitro benzene ring substituents is 1. The minimum absolute atomic E-state index is 0.0371. The predicted octanol–water partition coefficient (Wildman–Crippen LogP) is 3.12. The van der Waals surface area contributed by atoms with Gasteiger partial charge in [-0.3, -0.25) is 19.7 Å². The van der Waals surface area contributed by atoms with Crippen LogP contribution in [0.2, 0.25) is 5.02 Å². The highest BCUT2D eigenvalue weighted by molar-refractivity contribution is 6.31. The second-order valence-electron chi connectivity index (χ2n) is 5.23. The van der Waals surface area contributed by atoms with Crippen LogP contribution in [0.25, 0.3) is 0 Å². The molecular weight excluding hydrogens is 383 g/mol. The summed E-state index contributed by atoms with van der Waals surface area (Å²) in [6, 6.07) is 7.61. The van der Waals surface area contributed by atoms with Crippen molar-refractivity contribution < 1.29 is 28.4 Å². The molecule has 2 aromatic rings. The van der Waals surface area contributed by atoms with E-state index in [9.17, 15) is 24.1 Å². The number of anilines is 1. The second-order valence-corrected chi connectivity index (χ2v) is 5.63. The molecule has 0 saturated carbocycles. The fourth-order valence-corrected chi connectivity index (χ4v) is 2.37. The number of esters is 1. The largest absolute Gasteiger partial charge is 0.495 e. The number of methoxy groups -OCH3 is 1. The Hall–Kier alpha value is -3.20. The van der Waals surface area contributed by atoms with Gasteiger partial charge in [0.2, 0.25) is 0 Å². The summed E-state index contributed by atoms with van der Waals surface area (Å²) in [4.78, 5) is 33.9. The summed E-state index contributed by atoms with van der Waals surface area (Å²) in [7, 11) is 1.33. The van der Waals surface area contributed by atoms with Crippen molar-refractivity contribution in [1.29, 1.82) is 0 Å². The van der Waals surface area contributed by atoms with Crippen LogP contribution < -0.4 is 10.1 Å². The van der Waals surface area contributed by atoms with Gasteiger partial charge in [0.25, 0.3) is 11.6 Å². The van der Waals surface area contributed by atoms with Crippen LogP contribution in [0, 0.1) is 15.9 Å². The van der Waals surface area contributed by atoms with Gasteiger partial charge in [0.1, 0.15) is 11.6 Å². The Labute approximate surface area is 158 Å². The molecule has 0 atom stereocenters. The van der Waals surface area contributed by atoms with Crippen molar-refractivity contribution in [2.75, 3.05) is 19.0 Å². The zero-order valence-corrected chi connectivity index (χ0v) is 14.8. The molecule has 0 aliphatic heterocycles. The van der Waals surface area contributed by atoms with Gasteiger partial charge in [0.05, 0.1) is 24.1 Å². The molecule has 8 nitrogen and oxygen atoms in total. The van der Waals surface area contributed by atoms with Crippen molar-refractivity contribution in [3.8, 4) is 5.75 Å². The molecule has 2 aromatic carbocycles. The summed E-state index contributed by atoms with van der Waals surface area (Å²) in [5.41, 5.74) is -0.243. The number of amides is 1. The molecule has 0 aromatic heterocycles. The fourth-order valence-electron chi connectivity index (χ4n) is 2.14. The maximum Gasteiger partial charge on any atom is 0.310 e. The van der Waals surface area contributed by atoms with Crippen molar-refractivity contribution >= 4 is 34.9 Å². The average Bonchev–Trinajstić information content (AvgIpc) is 2.63. The summed E-state index contributed by atoms with van der Waals surface area (Å²) >= 11 is 5.82. The summed E-state index contributed by atoms with van der Waals surface area (Å²) in [5, 5.41) is 13.2. The minimum atomic E-state index is -0.858. The van der Waals surface area contributed by atoms with E-state index in [-0.39, 0.29) is 27.7 Å². The van der Waals surface area contributed by atoms with Gasteiger partial charge in [0, 0.05) is 22.7 Å². The lowest BCUT2D eigenvalue weighted by Gasteiger charge is -2.10. The zero-order chi connectivity index (χ0) is 20.0. The fraction of sp³-hybridized carbons (Fsp3) is 0.176. The number of ether oxygens (including phenoxy) is 2. The number of benzene rings is 2. The van der Waals surface area contributed by atoms with Crippen LogP contribution in [0.1, 0.15) is 5.56 Å².